The van der Waals surface area contributed by atoms with Gasteiger partial charge in [0.25, 0.3) is 0 Å². The standard InChI is InChI=1S/C8H11F3O2/c1-7(2,3)13-6(12)4-5-8(9,10)11/h4-5H,1-3H3/b5-4+. The van der Waals surface area contributed by atoms with E-state index in [0.29, 0.717) is 6.08 Å². The molecule has 5 heteroatoms. The number of allylic oxidation sites excluding steroid dienone is 1. The summed E-state index contributed by atoms with van der Waals surface area (Å²) in [5.41, 5.74) is -0.771. The van der Waals surface area contributed by atoms with Crippen molar-refractivity contribution in [2.24, 2.45) is 0 Å². The molecule has 0 heterocycles. The van der Waals surface area contributed by atoms with Gasteiger partial charge in [-0.15, -0.1) is 0 Å². The average molecular weight is 196 g/mol. The van der Waals surface area contributed by atoms with Crippen LogP contribution in [0.2, 0.25) is 0 Å². The van der Waals surface area contributed by atoms with Crippen LogP contribution in [0.25, 0.3) is 0 Å². The van der Waals surface area contributed by atoms with E-state index in [2.05, 4.69) is 4.74 Å². The third-order valence-electron chi connectivity index (χ3n) is 0.815. The highest BCUT2D eigenvalue weighted by atomic mass is 19.4. The Morgan fingerprint density at radius 2 is 1.69 bits per heavy atom. The molecule has 13 heavy (non-hydrogen) atoms. The highest BCUT2D eigenvalue weighted by molar-refractivity contribution is 5.82. The maximum atomic E-state index is 11.6. The molecule has 0 saturated heterocycles. The van der Waals surface area contributed by atoms with Gasteiger partial charge in [0.2, 0.25) is 0 Å². The molecule has 0 unspecified atom stereocenters. The zero-order valence-corrected chi connectivity index (χ0v) is 7.61. The molecule has 0 N–H and O–H groups in total. The van der Waals surface area contributed by atoms with Crippen LogP contribution in [0, 0.1) is 0 Å². The summed E-state index contributed by atoms with van der Waals surface area (Å²) in [6.07, 6.45) is -4.26. The molecule has 0 bridgehead atoms. The molecule has 0 radical (unpaired) electrons. The molecule has 0 rings (SSSR count). The molecular formula is C8H11F3O2. The largest absolute Gasteiger partial charge is 0.457 e. The molecule has 2 nitrogen and oxygen atoms in total. The van der Waals surface area contributed by atoms with Crippen molar-refractivity contribution in [1.29, 1.82) is 0 Å². The van der Waals surface area contributed by atoms with Gasteiger partial charge < -0.3 is 4.74 Å². The van der Waals surface area contributed by atoms with Crippen molar-refractivity contribution in [3.63, 3.8) is 0 Å². The van der Waals surface area contributed by atoms with Crippen molar-refractivity contribution in [1.82, 2.24) is 0 Å². The second kappa shape index (κ2) is 3.81. The van der Waals surface area contributed by atoms with Crippen LogP contribution in [0.3, 0.4) is 0 Å². The molecule has 0 aromatic heterocycles. The van der Waals surface area contributed by atoms with Gasteiger partial charge in [0.05, 0.1) is 0 Å². The fraction of sp³-hybridized carbons (Fsp3) is 0.625. The number of alkyl halides is 3. The van der Waals surface area contributed by atoms with Crippen LogP contribution in [-0.4, -0.2) is 17.7 Å². The van der Waals surface area contributed by atoms with E-state index in [1.54, 1.807) is 20.8 Å². The predicted molar refractivity (Wildman–Crippen MR) is 41.0 cm³/mol. The number of carbonyl (C=O) groups excluding carboxylic acids is 1. The quantitative estimate of drug-likeness (QED) is 0.475. The SMILES string of the molecule is CC(C)(C)OC(=O)/C=C/C(F)(F)F. The van der Waals surface area contributed by atoms with Crippen molar-refractivity contribution < 1.29 is 22.7 Å². The minimum Gasteiger partial charge on any atom is -0.457 e. The maximum absolute atomic E-state index is 11.6. The molecule has 0 aromatic carbocycles. The van der Waals surface area contributed by atoms with Crippen LogP contribution in [0.1, 0.15) is 20.8 Å². The Labute approximate surface area is 74.4 Å². The van der Waals surface area contributed by atoms with Crippen molar-refractivity contribution in [3.8, 4) is 0 Å². The number of rotatable bonds is 1. The first-order chi connectivity index (χ1) is 5.60. The highest BCUT2D eigenvalue weighted by Gasteiger charge is 2.23. The minimum absolute atomic E-state index is 0.152. The number of halogens is 3. The Kier molecular flexibility index (Phi) is 3.51. The summed E-state index contributed by atoms with van der Waals surface area (Å²) in [6, 6.07) is 0. The van der Waals surface area contributed by atoms with Crippen molar-refractivity contribution in [3.05, 3.63) is 12.2 Å². The molecule has 0 aliphatic carbocycles. The molecule has 0 aromatic rings. The normalized spacial score (nSPS) is 13.4. The van der Waals surface area contributed by atoms with Gasteiger partial charge in [-0.25, -0.2) is 4.79 Å². The van der Waals surface area contributed by atoms with Crippen molar-refractivity contribution in [2.75, 3.05) is 0 Å². The van der Waals surface area contributed by atoms with Crippen molar-refractivity contribution in [2.45, 2.75) is 32.5 Å². The molecule has 0 aliphatic rings. The fourth-order valence-corrected chi connectivity index (χ4v) is 0.498. The summed E-state index contributed by atoms with van der Waals surface area (Å²) < 4.78 is 39.3. The summed E-state index contributed by atoms with van der Waals surface area (Å²) in [7, 11) is 0. The molecule has 0 fully saturated rings. The highest BCUT2D eigenvalue weighted by Crippen LogP contribution is 2.16. The summed E-state index contributed by atoms with van der Waals surface area (Å²) in [5.74, 6) is -0.996. The topological polar surface area (TPSA) is 26.3 Å². The first kappa shape index (κ1) is 12.0. The van der Waals surface area contributed by atoms with Gasteiger partial charge in [-0.2, -0.15) is 13.2 Å². The Morgan fingerprint density at radius 3 is 2.00 bits per heavy atom. The van der Waals surface area contributed by atoms with E-state index in [4.69, 9.17) is 0 Å². The molecule has 0 saturated carbocycles. The second-order valence-corrected chi connectivity index (χ2v) is 3.41. The van der Waals surface area contributed by atoms with Crippen molar-refractivity contribution >= 4 is 5.97 Å². The smallest absolute Gasteiger partial charge is 0.410 e. The van der Waals surface area contributed by atoms with E-state index >= 15 is 0 Å². The summed E-state index contributed by atoms with van der Waals surface area (Å²) >= 11 is 0. The van der Waals surface area contributed by atoms with Crippen LogP contribution in [-0.2, 0) is 9.53 Å². The number of esters is 1. The van der Waals surface area contributed by atoms with Gasteiger partial charge in [0.15, 0.2) is 0 Å². The van der Waals surface area contributed by atoms with Crippen LogP contribution in [0.15, 0.2) is 12.2 Å². The predicted octanol–water partition coefficient (Wildman–Crippen LogP) is 2.45. The Balaban J connectivity index is 4.11. The van der Waals surface area contributed by atoms with E-state index < -0.39 is 17.7 Å². The van der Waals surface area contributed by atoms with E-state index in [-0.39, 0.29) is 6.08 Å². The van der Waals surface area contributed by atoms with E-state index in [1.807, 2.05) is 0 Å². The fourth-order valence-electron chi connectivity index (χ4n) is 0.498. The number of hydrogen-bond donors (Lipinski definition) is 0. The third kappa shape index (κ3) is 8.91. The van der Waals surface area contributed by atoms with Crippen LogP contribution in [0.4, 0.5) is 13.2 Å². The maximum Gasteiger partial charge on any atom is 0.410 e. The van der Waals surface area contributed by atoms with Gasteiger partial charge in [0, 0.05) is 12.2 Å². The number of hydrogen-bond acceptors (Lipinski definition) is 2. The number of carbonyl (C=O) groups is 1. The van der Waals surface area contributed by atoms with Gasteiger partial charge >= 0.3 is 12.1 Å². The van der Waals surface area contributed by atoms with E-state index in [1.165, 1.54) is 0 Å². The Bertz CT molecular complexity index is 210. The summed E-state index contributed by atoms with van der Waals surface area (Å²) in [5, 5.41) is 0. The lowest BCUT2D eigenvalue weighted by Crippen LogP contribution is -2.22. The first-order valence-electron chi connectivity index (χ1n) is 3.59. The minimum atomic E-state index is -4.48. The Hall–Kier alpha value is -1.00. The van der Waals surface area contributed by atoms with Gasteiger partial charge in [-0.05, 0) is 20.8 Å². The molecule has 0 aliphatic heterocycles. The average Bonchev–Trinajstić information content (AvgIpc) is 1.78. The lowest BCUT2D eigenvalue weighted by molar-refractivity contribution is -0.149. The monoisotopic (exact) mass is 196 g/mol. The number of ether oxygens (including phenoxy) is 1. The zero-order chi connectivity index (χ0) is 10.7. The third-order valence-corrected chi connectivity index (χ3v) is 0.815. The lowest BCUT2D eigenvalue weighted by atomic mass is 10.2. The molecular weight excluding hydrogens is 185 g/mol. The molecule has 0 atom stereocenters. The second-order valence-electron chi connectivity index (χ2n) is 3.41. The van der Waals surface area contributed by atoms with Gasteiger partial charge in [-0.3, -0.25) is 0 Å². The van der Waals surface area contributed by atoms with Crippen LogP contribution < -0.4 is 0 Å². The summed E-state index contributed by atoms with van der Waals surface area (Å²) in [6.45, 7) is 4.73. The zero-order valence-electron chi connectivity index (χ0n) is 7.61. The van der Waals surface area contributed by atoms with Gasteiger partial charge in [-0.1, -0.05) is 0 Å². The summed E-state index contributed by atoms with van der Waals surface area (Å²) in [4.78, 5) is 10.7. The molecule has 0 amide bonds. The van der Waals surface area contributed by atoms with E-state index in [0.717, 1.165) is 0 Å². The Morgan fingerprint density at radius 1 is 1.23 bits per heavy atom. The molecule has 76 valence electrons. The van der Waals surface area contributed by atoms with Gasteiger partial charge in [0.1, 0.15) is 5.60 Å². The van der Waals surface area contributed by atoms with Crippen LogP contribution in [0.5, 0.6) is 0 Å². The van der Waals surface area contributed by atoms with Crippen LogP contribution >= 0.6 is 0 Å². The van der Waals surface area contributed by atoms with E-state index in [9.17, 15) is 18.0 Å². The lowest BCUT2D eigenvalue weighted by Gasteiger charge is -2.17. The first-order valence-corrected chi connectivity index (χ1v) is 3.59. The molecule has 0 spiro atoms.